The molecule has 0 aliphatic carbocycles. The number of ether oxygens (including phenoxy) is 1. The lowest BCUT2D eigenvalue weighted by molar-refractivity contribution is -0.0839. The van der Waals surface area contributed by atoms with Crippen molar-refractivity contribution in [3.63, 3.8) is 0 Å². The van der Waals surface area contributed by atoms with E-state index in [2.05, 4.69) is 37.9 Å². The Morgan fingerprint density at radius 1 is 1.17 bits per heavy atom. The van der Waals surface area contributed by atoms with Gasteiger partial charge in [0.1, 0.15) is 0 Å². The second kappa shape index (κ2) is 8.36. The molecule has 23 heavy (non-hydrogen) atoms. The lowest BCUT2D eigenvalue weighted by atomic mass is 9.78. The zero-order chi connectivity index (χ0) is 16.9. The van der Waals surface area contributed by atoms with E-state index in [9.17, 15) is 4.79 Å². The van der Waals surface area contributed by atoms with Gasteiger partial charge in [-0.3, -0.25) is 0 Å². The molecule has 2 rings (SSSR count). The maximum atomic E-state index is 12.7. The monoisotopic (exact) mass is 324 g/mol. The minimum absolute atomic E-state index is 0.129. The highest BCUT2D eigenvalue weighted by molar-refractivity contribution is 5.74. The van der Waals surface area contributed by atoms with E-state index in [1.54, 1.807) is 0 Å². The van der Waals surface area contributed by atoms with Gasteiger partial charge < -0.3 is 15.0 Å². The van der Waals surface area contributed by atoms with Crippen LogP contribution >= 0.6 is 0 Å². The number of amides is 2. The topological polar surface area (TPSA) is 41.6 Å². The molecule has 0 unspecified atom stereocenters. The van der Waals surface area contributed by atoms with Crippen LogP contribution in [0, 0.1) is 11.3 Å². The molecule has 0 aromatic rings. The Balaban J connectivity index is 1.91. The molecule has 134 valence electrons. The zero-order valence-electron chi connectivity index (χ0n) is 15.6. The van der Waals surface area contributed by atoms with E-state index in [0.29, 0.717) is 12.0 Å². The van der Waals surface area contributed by atoms with Crippen LogP contribution in [0.5, 0.6) is 0 Å². The Bertz CT molecular complexity index is 378. The zero-order valence-corrected chi connectivity index (χ0v) is 15.6. The summed E-state index contributed by atoms with van der Waals surface area (Å²) < 4.78 is 6.03. The molecule has 2 heterocycles. The Kier molecular flexibility index (Phi) is 6.75. The molecule has 0 aromatic heterocycles. The fourth-order valence-corrected chi connectivity index (χ4v) is 4.20. The van der Waals surface area contributed by atoms with Crippen LogP contribution in [0.1, 0.15) is 72.6 Å². The highest BCUT2D eigenvalue weighted by Gasteiger charge is 2.36. The first kappa shape index (κ1) is 18.6. The molecule has 2 amide bonds. The van der Waals surface area contributed by atoms with Crippen LogP contribution in [-0.2, 0) is 4.74 Å². The maximum Gasteiger partial charge on any atom is 0.317 e. The molecule has 0 spiro atoms. The fraction of sp³-hybridized carbons (Fsp3) is 0.947. The number of nitrogens with one attached hydrogen (secondary N) is 1. The highest BCUT2D eigenvalue weighted by Crippen LogP contribution is 2.33. The van der Waals surface area contributed by atoms with Gasteiger partial charge in [0.2, 0.25) is 0 Å². The van der Waals surface area contributed by atoms with Crippen LogP contribution in [0.25, 0.3) is 0 Å². The number of likely N-dealkylation sites (tertiary alicyclic amines) is 1. The molecule has 1 N–H and O–H groups in total. The van der Waals surface area contributed by atoms with Crippen molar-refractivity contribution in [2.45, 2.75) is 84.8 Å². The van der Waals surface area contributed by atoms with E-state index in [1.165, 1.54) is 12.8 Å². The Labute approximate surface area is 142 Å². The fourth-order valence-electron chi connectivity index (χ4n) is 4.20. The van der Waals surface area contributed by atoms with Crippen LogP contribution in [0.4, 0.5) is 4.79 Å². The number of carbonyl (C=O) groups is 1. The van der Waals surface area contributed by atoms with Crippen LogP contribution in [0.3, 0.4) is 0 Å². The molecule has 4 heteroatoms. The van der Waals surface area contributed by atoms with Gasteiger partial charge in [-0.15, -0.1) is 0 Å². The molecule has 2 saturated heterocycles. The van der Waals surface area contributed by atoms with Crippen molar-refractivity contribution in [1.29, 1.82) is 0 Å². The van der Waals surface area contributed by atoms with Crippen LogP contribution in [-0.4, -0.2) is 42.8 Å². The summed E-state index contributed by atoms with van der Waals surface area (Å²) in [6, 6.07) is 0.551. The van der Waals surface area contributed by atoms with E-state index in [1.807, 2.05) is 0 Å². The average Bonchev–Trinajstić information content (AvgIpc) is 2.77. The van der Waals surface area contributed by atoms with Crippen molar-refractivity contribution in [3.05, 3.63) is 0 Å². The number of urea groups is 1. The third kappa shape index (κ3) is 5.10. The van der Waals surface area contributed by atoms with Crippen molar-refractivity contribution >= 4 is 6.03 Å². The second-order valence-corrected chi connectivity index (χ2v) is 8.35. The predicted molar refractivity (Wildman–Crippen MR) is 94.6 cm³/mol. The number of carbonyl (C=O) groups excluding carboxylic acids is 1. The lowest BCUT2D eigenvalue weighted by Crippen LogP contribution is -2.50. The van der Waals surface area contributed by atoms with Crippen molar-refractivity contribution in [3.8, 4) is 0 Å². The molecule has 2 fully saturated rings. The van der Waals surface area contributed by atoms with Gasteiger partial charge in [-0.25, -0.2) is 4.79 Å². The van der Waals surface area contributed by atoms with Gasteiger partial charge in [-0.2, -0.15) is 0 Å². The molecule has 2 aliphatic rings. The summed E-state index contributed by atoms with van der Waals surface area (Å²) in [5, 5.41) is 3.22. The van der Waals surface area contributed by atoms with E-state index in [4.69, 9.17) is 4.74 Å². The normalized spacial score (nSPS) is 29.9. The molecular formula is C19H36N2O2. The SMILES string of the molecule is CC[C@@H]1CCCCCN1C(=O)NC[C@@H]1CCCO[C@@H]1C(C)(C)C. The molecule has 0 bridgehead atoms. The molecule has 2 aliphatic heterocycles. The average molecular weight is 325 g/mol. The largest absolute Gasteiger partial charge is 0.377 e. The van der Waals surface area contributed by atoms with Crippen molar-refractivity contribution in [2.75, 3.05) is 19.7 Å². The Hall–Kier alpha value is -0.770. The van der Waals surface area contributed by atoms with Crippen molar-refractivity contribution < 1.29 is 9.53 Å². The van der Waals surface area contributed by atoms with E-state index in [-0.39, 0.29) is 17.6 Å². The Morgan fingerprint density at radius 3 is 2.65 bits per heavy atom. The van der Waals surface area contributed by atoms with Crippen LogP contribution in [0.15, 0.2) is 0 Å². The van der Waals surface area contributed by atoms with Gasteiger partial charge in [0.05, 0.1) is 6.10 Å². The molecule has 0 aromatic carbocycles. The minimum atomic E-state index is 0.129. The molecular weight excluding hydrogens is 288 g/mol. The van der Waals surface area contributed by atoms with E-state index < -0.39 is 0 Å². The summed E-state index contributed by atoms with van der Waals surface area (Å²) in [7, 11) is 0. The summed E-state index contributed by atoms with van der Waals surface area (Å²) >= 11 is 0. The van der Waals surface area contributed by atoms with Gasteiger partial charge in [0, 0.05) is 31.7 Å². The van der Waals surface area contributed by atoms with Gasteiger partial charge in [-0.05, 0) is 37.5 Å². The number of hydrogen-bond acceptors (Lipinski definition) is 2. The summed E-state index contributed by atoms with van der Waals surface area (Å²) in [5.41, 5.74) is 0.129. The van der Waals surface area contributed by atoms with Gasteiger partial charge in [-0.1, -0.05) is 40.5 Å². The third-order valence-corrected chi connectivity index (χ3v) is 5.42. The number of rotatable bonds is 3. The summed E-state index contributed by atoms with van der Waals surface area (Å²) in [6.45, 7) is 11.4. The molecule has 4 nitrogen and oxygen atoms in total. The van der Waals surface area contributed by atoms with Crippen LogP contribution < -0.4 is 5.32 Å². The minimum Gasteiger partial charge on any atom is -0.377 e. The smallest absolute Gasteiger partial charge is 0.317 e. The van der Waals surface area contributed by atoms with Crippen molar-refractivity contribution in [2.24, 2.45) is 11.3 Å². The summed E-state index contributed by atoms with van der Waals surface area (Å²) in [5.74, 6) is 0.430. The molecule has 3 atom stereocenters. The summed E-state index contributed by atoms with van der Waals surface area (Å²) in [4.78, 5) is 14.8. The standard InChI is InChI=1S/C19H36N2O2/c1-5-16-11-7-6-8-12-21(16)18(22)20-14-15-10-9-13-23-17(15)19(2,3)4/h15-17H,5-14H2,1-4H3,(H,20,22)/t15-,16+,17-/m0/s1. The van der Waals surface area contributed by atoms with Gasteiger partial charge in [0.15, 0.2) is 0 Å². The first-order valence-electron chi connectivity index (χ1n) is 9.59. The van der Waals surface area contributed by atoms with E-state index >= 15 is 0 Å². The predicted octanol–water partition coefficient (Wildman–Crippen LogP) is 4.19. The Morgan fingerprint density at radius 2 is 1.96 bits per heavy atom. The number of nitrogens with zero attached hydrogens (tertiary/aromatic N) is 1. The maximum absolute atomic E-state index is 12.7. The lowest BCUT2D eigenvalue weighted by Gasteiger charge is -2.40. The van der Waals surface area contributed by atoms with E-state index in [0.717, 1.165) is 51.8 Å². The van der Waals surface area contributed by atoms with Crippen molar-refractivity contribution in [1.82, 2.24) is 10.2 Å². The highest BCUT2D eigenvalue weighted by atomic mass is 16.5. The van der Waals surface area contributed by atoms with Gasteiger partial charge in [0.25, 0.3) is 0 Å². The van der Waals surface area contributed by atoms with Crippen LogP contribution in [0.2, 0.25) is 0 Å². The third-order valence-electron chi connectivity index (χ3n) is 5.42. The second-order valence-electron chi connectivity index (χ2n) is 8.35. The first-order chi connectivity index (χ1) is 10.9. The molecule has 0 saturated carbocycles. The number of hydrogen-bond donors (Lipinski definition) is 1. The quantitative estimate of drug-likeness (QED) is 0.845. The first-order valence-corrected chi connectivity index (χ1v) is 9.59. The summed E-state index contributed by atoms with van der Waals surface area (Å²) in [6.07, 6.45) is 8.36. The molecule has 0 radical (unpaired) electrons. The van der Waals surface area contributed by atoms with Gasteiger partial charge >= 0.3 is 6.03 Å².